The van der Waals surface area contributed by atoms with Crippen molar-refractivity contribution in [3.8, 4) is 0 Å². The predicted octanol–water partition coefficient (Wildman–Crippen LogP) is 2.91. The molecule has 96 valence electrons. The van der Waals surface area contributed by atoms with Crippen LogP contribution < -0.4 is 5.32 Å². The Morgan fingerprint density at radius 2 is 2.28 bits per heavy atom. The molecule has 18 heavy (non-hydrogen) atoms. The summed E-state index contributed by atoms with van der Waals surface area (Å²) < 4.78 is 3.01. The van der Waals surface area contributed by atoms with Crippen molar-refractivity contribution in [2.45, 2.75) is 33.0 Å². The van der Waals surface area contributed by atoms with Gasteiger partial charge in [-0.2, -0.15) is 5.10 Å². The Bertz CT molecular complexity index is 509. The maximum Gasteiger partial charge on any atom is 0.140 e. The molecule has 1 heterocycles. The first-order chi connectivity index (χ1) is 8.70. The second-order valence-electron chi connectivity index (χ2n) is 4.15. The van der Waals surface area contributed by atoms with Crippen LogP contribution in [0.25, 0.3) is 0 Å². The quantitative estimate of drug-likeness (QED) is 0.923. The van der Waals surface area contributed by atoms with Crippen molar-refractivity contribution in [3.05, 3.63) is 46.5 Å². The minimum absolute atomic E-state index is 0.282. The molecule has 0 fully saturated rings. The number of halogens is 1. The van der Waals surface area contributed by atoms with Gasteiger partial charge in [0.2, 0.25) is 0 Å². The molecular weight excluding hydrogens is 292 g/mol. The number of benzene rings is 1. The van der Waals surface area contributed by atoms with Gasteiger partial charge in [-0.05, 0) is 31.5 Å². The van der Waals surface area contributed by atoms with Crippen LogP contribution in [0.3, 0.4) is 0 Å². The Hall–Kier alpha value is -1.20. The summed E-state index contributed by atoms with van der Waals surface area (Å²) >= 11 is 3.49. The number of aryl methyl sites for hydroxylation is 1. The molecule has 0 aliphatic heterocycles. The Balaban J connectivity index is 1.98. The van der Waals surface area contributed by atoms with Crippen LogP contribution in [0.4, 0.5) is 0 Å². The molecule has 0 spiro atoms. The molecule has 0 saturated heterocycles. The smallest absolute Gasteiger partial charge is 0.140 e. The molecule has 1 N–H and O–H groups in total. The van der Waals surface area contributed by atoms with Crippen molar-refractivity contribution in [2.24, 2.45) is 0 Å². The van der Waals surface area contributed by atoms with Gasteiger partial charge in [-0.25, -0.2) is 9.67 Å². The Morgan fingerprint density at radius 3 is 3.00 bits per heavy atom. The van der Waals surface area contributed by atoms with Gasteiger partial charge in [-0.15, -0.1) is 0 Å². The van der Waals surface area contributed by atoms with Gasteiger partial charge in [0.05, 0.1) is 6.54 Å². The van der Waals surface area contributed by atoms with E-state index < -0.39 is 0 Å². The summed E-state index contributed by atoms with van der Waals surface area (Å²) in [6.07, 6.45) is 1.60. The Labute approximate surface area is 116 Å². The topological polar surface area (TPSA) is 42.7 Å². The van der Waals surface area contributed by atoms with E-state index >= 15 is 0 Å². The molecule has 0 aliphatic carbocycles. The fourth-order valence-electron chi connectivity index (χ4n) is 1.83. The SMILES string of the molecule is CCn1ncnc1CN[C@H](C)c1cccc(Br)c1. The molecule has 2 rings (SSSR count). The fourth-order valence-corrected chi connectivity index (χ4v) is 2.24. The van der Waals surface area contributed by atoms with E-state index in [9.17, 15) is 0 Å². The van der Waals surface area contributed by atoms with E-state index in [1.54, 1.807) is 6.33 Å². The van der Waals surface area contributed by atoms with Gasteiger partial charge in [0.25, 0.3) is 0 Å². The molecule has 5 heteroatoms. The Morgan fingerprint density at radius 1 is 1.44 bits per heavy atom. The van der Waals surface area contributed by atoms with Crippen molar-refractivity contribution in [2.75, 3.05) is 0 Å². The first-order valence-electron chi connectivity index (χ1n) is 6.06. The van der Waals surface area contributed by atoms with Crippen LogP contribution in [-0.2, 0) is 13.1 Å². The molecular formula is C13H17BrN4. The van der Waals surface area contributed by atoms with E-state index in [1.165, 1.54) is 5.56 Å². The number of hydrogen-bond donors (Lipinski definition) is 1. The second-order valence-corrected chi connectivity index (χ2v) is 5.07. The summed E-state index contributed by atoms with van der Waals surface area (Å²) in [5, 5.41) is 7.62. The molecule has 2 aromatic rings. The highest BCUT2D eigenvalue weighted by Crippen LogP contribution is 2.18. The van der Waals surface area contributed by atoms with Crippen molar-refractivity contribution in [1.82, 2.24) is 20.1 Å². The summed E-state index contributed by atoms with van der Waals surface area (Å²) in [7, 11) is 0. The summed E-state index contributed by atoms with van der Waals surface area (Å²) in [5.41, 5.74) is 1.26. The standard InChI is InChI=1S/C13H17BrN4/c1-3-18-13(16-9-17-18)8-15-10(2)11-5-4-6-12(14)7-11/h4-7,9-10,15H,3,8H2,1-2H3/t10-/m1/s1. The van der Waals surface area contributed by atoms with E-state index in [4.69, 9.17) is 0 Å². The monoisotopic (exact) mass is 308 g/mol. The van der Waals surface area contributed by atoms with Crippen LogP contribution >= 0.6 is 15.9 Å². The normalized spacial score (nSPS) is 12.6. The number of rotatable bonds is 5. The van der Waals surface area contributed by atoms with Gasteiger partial charge in [0, 0.05) is 17.1 Å². The summed E-state index contributed by atoms with van der Waals surface area (Å²) in [6.45, 7) is 5.79. The van der Waals surface area contributed by atoms with Crippen LogP contribution in [0, 0.1) is 0 Å². The van der Waals surface area contributed by atoms with Crippen LogP contribution in [-0.4, -0.2) is 14.8 Å². The van der Waals surface area contributed by atoms with E-state index in [2.05, 4.69) is 57.3 Å². The minimum atomic E-state index is 0.282. The van der Waals surface area contributed by atoms with Crippen molar-refractivity contribution in [3.63, 3.8) is 0 Å². The highest BCUT2D eigenvalue weighted by atomic mass is 79.9. The highest BCUT2D eigenvalue weighted by Gasteiger charge is 2.07. The average molecular weight is 309 g/mol. The second kappa shape index (κ2) is 6.11. The molecule has 0 unspecified atom stereocenters. The number of hydrogen-bond acceptors (Lipinski definition) is 3. The number of aromatic nitrogens is 3. The van der Waals surface area contributed by atoms with Gasteiger partial charge in [-0.3, -0.25) is 0 Å². The maximum atomic E-state index is 4.25. The lowest BCUT2D eigenvalue weighted by Gasteiger charge is -2.14. The van der Waals surface area contributed by atoms with Crippen molar-refractivity contribution in [1.29, 1.82) is 0 Å². The molecule has 1 aromatic carbocycles. The van der Waals surface area contributed by atoms with Gasteiger partial charge in [0.15, 0.2) is 0 Å². The van der Waals surface area contributed by atoms with Crippen LogP contribution in [0.15, 0.2) is 35.1 Å². The van der Waals surface area contributed by atoms with E-state index in [1.807, 2.05) is 16.8 Å². The van der Waals surface area contributed by atoms with Gasteiger partial charge in [-0.1, -0.05) is 28.1 Å². The van der Waals surface area contributed by atoms with Crippen LogP contribution in [0.5, 0.6) is 0 Å². The van der Waals surface area contributed by atoms with Gasteiger partial charge < -0.3 is 5.32 Å². The molecule has 4 nitrogen and oxygen atoms in total. The third-order valence-corrected chi connectivity index (χ3v) is 3.40. The van der Waals surface area contributed by atoms with Crippen LogP contribution in [0.1, 0.15) is 31.3 Å². The lowest BCUT2D eigenvalue weighted by molar-refractivity contribution is 0.523. The number of nitrogens with one attached hydrogen (secondary N) is 1. The minimum Gasteiger partial charge on any atom is -0.303 e. The molecule has 1 aromatic heterocycles. The largest absolute Gasteiger partial charge is 0.303 e. The zero-order chi connectivity index (χ0) is 13.0. The van der Waals surface area contributed by atoms with Gasteiger partial charge >= 0.3 is 0 Å². The molecule has 0 bridgehead atoms. The Kier molecular flexibility index (Phi) is 4.49. The summed E-state index contributed by atoms with van der Waals surface area (Å²) in [5.74, 6) is 0.972. The van der Waals surface area contributed by atoms with E-state index in [0.717, 1.165) is 23.4 Å². The third-order valence-electron chi connectivity index (χ3n) is 2.91. The first-order valence-corrected chi connectivity index (χ1v) is 6.85. The number of nitrogens with zero attached hydrogens (tertiary/aromatic N) is 3. The van der Waals surface area contributed by atoms with Crippen molar-refractivity contribution < 1.29 is 0 Å². The third kappa shape index (κ3) is 3.17. The van der Waals surface area contributed by atoms with E-state index in [-0.39, 0.29) is 6.04 Å². The molecule has 0 amide bonds. The van der Waals surface area contributed by atoms with Crippen molar-refractivity contribution >= 4 is 15.9 Å². The lowest BCUT2D eigenvalue weighted by Crippen LogP contribution is -2.21. The summed E-state index contributed by atoms with van der Waals surface area (Å²) in [6, 6.07) is 8.61. The molecule has 0 saturated carbocycles. The fraction of sp³-hybridized carbons (Fsp3) is 0.385. The van der Waals surface area contributed by atoms with Gasteiger partial charge in [0.1, 0.15) is 12.2 Å². The molecule has 0 radical (unpaired) electrons. The van der Waals surface area contributed by atoms with E-state index in [0.29, 0.717) is 0 Å². The zero-order valence-electron chi connectivity index (χ0n) is 10.6. The zero-order valence-corrected chi connectivity index (χ0v) is 12.2. The highest BCUT2D eigenvalue weighted by molar-refractivity contribution is 9.10. The molecule has 1 atom stereocenters. The first kappa shape index (κ1) is 13.2. The molecule has 0 aliphatic rings. The maximum absolute atomic E-state index is 4.25. The lowest BCUT2D eigenvalue weighted by atomic mass is 10.1. The predicted molar refractivity (Wildman–Crippen MR) is 75.1 cm³/mol. The van der Waals surface area contributed by atoms with Crippen LogP contribution in [0.2, 0.25) is 0 Å². The average Bonchev–Trinajstić information content (AvgIpc) is 2.83. The summed E-state index contributed by atoms with van der Waals surface area (Å²) in [4.78, 5) is 4.25.